The van der Waals surface area contributed by atoms with E-state index in [0.29, 0.717) is 32.1 Å². The lowest BCUT2D eigenvalue weighted by Gasteiger charge is -2.20. The molecule has 2 aromatic carbocycles. The standard InChI is InChI=1S/C21H23BrClN3O4/c1-12(2)19(25-20(27)13-6-5-7-15(23)8-13)21(28)26-24-11-14-9-16(22)18(30-4)10-17(14)29-3/h5-12,19H,1-4H3,(H,25,27)(H,26,28)/b24-11-. The van der Waals surface area contributed by atoms with Crippen LogP contribution in [0, 0.1) is 5.92 Å². The smallest absolute Gasteiger partial charge is 0.262 e. The monoisotopic (exact) mass is 495 g/mol. The summed E-state index contributed by atoms with van der Waals surface area (Å²) in [5, 5.41) is 7.17. The topological polar surface area (TPSA) is 89.0 Å². The zero-order valence-electron chi connectivity index (χ0n) is 17.0. The van der Waals surface area contributed by atoms with Crippen molar-refractivity contribution in [3.63, 3.8) is 0 Å². The maximum Gasteiger partial charge on any atom is 0.262 e. The van der Waals surface area contributed by atoms with Crippen molar-refractivity contribution in [2.24, 2.45) is 11.0 Å². The summed E-state index contributed by atoms with van der Waals surface area (Å²) >= 11 is 9.33. The molecule has 0 saturated carbocycles. The molecule has 0 radical (unpaired) electrons. The Morgan fingerprint density at radius 2 is 1.83 bits per heavy atom. The van der Waals surface area contributed by atoms with Gasteiger partial charge in [0, 0.05) is 22.2 Å². The molecule has 0 spiro atoms. The number of rotatable bonds is 8. The molecule has 30 heavy (non-hydrogen) atoms. The maximum atomic E-state index is 12.6. The molecule has 1 atom stereocenters. The molecule has 9 heteroatoms. The molecule has 0 bridgehead atoms. The number of benzene rings is 2. The molecular formula is C21H23BrClN3O4. The Bertz CT molecular complexity index is 950. The maximum absolute atomic E-state index is 12.6. The molecule has 0 aliphatic rings. The second kappa shape index (κ2) is 11.0. The molecule has 2 rings (SSSR count). The lowest BCUT2D eigenvalue weighted by atomic mass is 10.0. The average molecular weight is 497 g/mol. The normalized spacial score (nSPS) is 12.0. The number of amides is 2. The second-order valence-corrected chi connectivity index (χ2v) is 7.96. The van der Waals surface area contributed by atoms with Gasteiger partial charge in [-0.25, -0.2) is 5.43 Å². The summed E-state index contributed by atoms with van der Waals surface area (Å²) in [6.45, 7) is 3.66. The SMILES string of the molecule is COc1cc(OC)c(/C=N\NC(=O)C(NC(=O)c2cccc(Cl)c2)C(C)C)cc1Br. The third-order valence-corrected chi connectivity index (χ3v) is 5.06. The van der Waals surface area contributed by atoms with E-state index in [1.807, 2.05) is 13.8 Å². The van der Waals surface area contributed by atoms with E-state index in [1.54, 1.807) is 37.4 Å². The van der Waals surface area contributed by atoms with Crippen LogP contribution in [0.1, 0.15) is 29.8 Å². The van der Waals surface area contributed by atoms with Crippen molar-refractivity contribution in [3.8, 4) is 11.5 Å². The Hall–Kier alpha value is -2.58. The van der Waals surface area contributed by atoms with Crippen LogP contribution in [0.25, 0.3) is 0 Å². The van der Waals surface area contributed by atoms with Gasteiger partial charge >= 0.3 is 0 Å². The number of carbonyl (C=O) groups excluding carboxylic acids is 2. The number of nitrogens with zero attached hydrogens (tertiary/aromatic N) is 1. The highest BCUT2D eigenvalue weighted by atomic mass is 79.9. The van der Waals surface area contributed by atoms with Crippen LogP contribution in [0.3, 0.4) is 0 Å². The van der Waals surface area contributed by atoms with Crippen molar-refractivity contribution in [1.29, 1.82) is 0 Å². The third-order valence-electron chi connectivity index (χ3n) is 4.21. The number of halogens is 2. The Kier molecular flexibility index (Phi) is 8.68. The summed E-state index contributed by atoms with van der Waals surface area (Å²) in [5.74, 6) is 0.145. The van der Waals surface area contributed by atoms with E-state index in [4.69, 9.17) is 21.1 Å². The number of nitrogens with one attached hydrogen (secondary N) is 2. The molecular weight excluding hydrogens is 474 g/mol. The minimum Gasteiger partial charge on any atom is -0.496 e. The van der Waals surface area contributed by atoms with Crippen molar-refractivity contribution >= 4 is 45.6 Å². The second-order valence-electron chi connectivity index (χ2n) is 6.67. The molecule has 1 unspecified atom stereocenters. The van der Waals surface area contributed by atoms with E-state index in [0.717, 1.165) is 0 Å². The van der Waals surface area contributed by atoms with Crippen LogP contribution in [0.4, 0.5) is 0 Å². The fourth-order valence-corrected chi connectivity index (χ4v) is 3.32. The zero-order chi connectivity index (χ0) is 22.3. The predicted octanol–water partition coefficient (Wildman–Crippen LogP) is 4.02. The zero-order valence-corrected chi connectivity index (χ0v) is 19.4. The fraction of sp³-hybridized carbons (Fsp3) is 0.286. The van der Waals surface area contributed by atoms with Crippen LogP contribution in [0.2, 0.25) is 5.02 Å². The molecule has 2 aromatic rings. The first-order chi connectivity index (χ1) is 14.3. The van der Waals surface area contributed by atoms with Crippen LogP contribution in [-0.4, -0.2) is 38.3 Å². The van der Waals surface area contributed by atoms with E-state index >= 15 is 0 Å². The summed E-state index contributed by atoms with van der Waals surface area (Å²) in [4.78, 5) is 25.1. The Morgan fingerprint density at radius 3 is 2.43 bits per heavy atom. The molecule has 0 aliphatic heterocycles. The van der Waals surface area contributed by atoms with Crippen molar-refractivity contribution in [2.45, 2.75) is 19.9 Å². The highest BCUT2D eigenvalue weighted by Gasteiger charge is 2.24. The van der Waals surface area contributed by atoms with Crippen LogP contribution in [0.15, 0.2) is 46.0 Å². The van der Waals surface area contributed by atoms with E-state index in [2.05, 4.69) is 31.8 Å². The molecule has 0 aliphatic carbocycles. The first-order valence-electron chi connectivity index (χ1n) is 9.07. The van der Waals surface area contributed by atoms with Crippen molar-refractivity contribution < 1.29 is 19.1 Å². The number of hydrogen-bond acceptors (Lipinski definition) is 5. The Labute approximate surface area is 188 Å². The Morgan fingerprint density at radius 1 is 1.13 bits per heavy atom. The lowest BCUT2D eigenvalue weighted by molar-refractivity contribution is -0.123. The quantitative estimate of drug-likeness (QED) is 0.427. The minimum atomic E-state index is -0.780. The molecule has 0 saturated heterocycles. The lowest BCUT2D eigenvalue weighted by Crippen LogP contribution is -2.48. The highest BCUT2D eigenvalue weighted by molar-refractivity contribution is 9.10. The summed E-state index contributed by atoms with van der Waals surface area (Å²) in [6, 6.07) is 9.19. The van der Waals surface area contributed by atoms with Crippen molar-refractivity contribution in [2.75, 3.05) is 14.2 Å². The van der Waals surface area contributed by atoms with Crippen molar-refractivity contribution in [1.82, 2.24) is 10.7 Å². The summed E-state index contributed by atoms with van der Waals surface area (Å²) in [7, 11) is 3.08. The highest BCUT2D eigenvalue weighted by Crippen LogP contribution is 2.31. The largest absolute Gasteiger partial charge is 0.496 e. The molecule has 2 amide bonds. The van der Waals surface area contributed by atoms with E-state index < -0.39 is 17.9 Å². The summed E-state index contributed by atoms with van der Waals surface area (Å²) in [6.07, 6.45) is 1.46. The number of carbonyl (C=O) groups is 2. The van der Waals surface area contributed by atoms with Gasteiger partial charge < -0.3 is 14.8 Å². The van der Waals surface area contributed by atoms with Gasteiger partial charge in [0.2, 0.25) is 0 Å². The van der Waals surface area contributed by atoms with Gasteiger partial charge in [-0.1, -0.05) is 31.5 Å². The van der Waals surface area contributed by atoms with Crippen LogP contribution in [0.5, 0.6) is 11.5 Å². The van der Waals surface area contributed by atoms with E-state index in [9.17, 15) is 9.59 Å². The minimum absolute atomic E-state index is 0.159. The van der Waals surface area contributed by atoms with Gasteiger partial charge in [0.25, 0.3) is 11.8 Å². The number of methoxy groups -OCH3 is 2. The average Bonchev–Trinajstić information content (AvgIpc) is 2.71. The predicted molar refractivity (Wildman–Crippen MR) is 121 cm³/mol. The van der Waals surface area contributed by atoms with Gasteiger partial charge in [-0.2, -0.15) is 5.10 Å². The van der Waals surface area contributed by atoms with E-state index in [1.165, 1.54) is 19.4 Å². The molecule has 7 nitrogen and oxygen atoms in total. The van der Waals surface area contributed by atoms with Gasteiger partial charge in [-0.05, 0) is 46.1 Å². The molecule has 0 aromatic heterocycles. The molecule has 160 valence electrons. The first kappa shape index (κ1) is 23.7. The van der Waals surface area contributed by atoms with Gasteiger partial charge in [-0.3, -0.25) is 9.59 Å². The van der Waals surface area contributed by atoms with Gasteiger partial charge in [0.05, 0.1) is 24.9 Å². The van der Waals surface area contributed by atoms with Crippen LogP contribution in [-0.2, 0) is 4.79 Å². The fourth-order valence-electron chi connectivity index (χ4n) is 2.61. The summed E-state index contributed by atoms with van der Waals surface area (Å²) < 4.78 is 11.3. The van der Waals surface area contributed by atoms with Crippen LogP contribution < -0.4 is 20.2 Å². The van der Waals surface area contributed by atoms with E-state index in [-0.39, 0.29) is 5.92 Å². The number of hydrogen-bond donors (Lipinski definition) is 2. The van der Waals surface area contributed by atoms with Gasteiger partial charge in [0.1, 0.15) is 17.5 Å². The number of hydrazone groups is 1. The molecule has 0 heterocycles. The van der Waals surface area contributed by atoms with Gasteiger partial charge in [-0.15, -0.1) is 0 Å². The molecule has 0 fully saturated rings. The first-order valence-corrected chi connectivity index (χ1v) is 10.2. The number of ether oxygens (including phenoxy) is 2. The van der Waals surface area contributed by atoms with Gasteiger partial charge in [0.15, 0.2) is 0 Å². The van der Waals surface area contributed by atoms with Crippen LogP contribution >= 0.6 is 27.5 Å². The Balaban J connectivity index is 2.10. The third kappa shape index (κ3) is 6.21. The summed E-state index contributed by atoms with van der Waals surface area (Å²) in [5.41, 5.74) is 3.47. The molecule has 2 N–H and O–H groups in total. The van der Waals surface area contributed by atoms with Crippen molar-refractivity contribution in [3.05, 3.63) is 57.0 Å².